The molecule has 0 bridgehead atoms. The van der Waals surface area contributed by atoms with Crippen molar-refractivity contribution in [3.63, 3.8) is 0 Å². The van der Waals surface area contributed by atoms with Gasteiger partial charge in [0.1, 0.15) is 12.4 Å². The maximum Gasteiger partial charge on any atom is 0.135 e. The van der Waals surface area contributed by atoms with Gasteiger partial charge in [0, 0.05) is 12.0 Å². The Morgan fingerprint density at radius 2 is 2.05 bits per heavy atom. The number of para-hydroxylation sites is 2. The summed E-state index contributed by atoms with van der Waals surface area (Å²) >= 11 is 0. The Morgan fingerprint density at radius 3 is 2.75 bits per heavy atom. The molecule has 4 heteroatoms. The third-order valence-corrected chi connectivity index (χ3v) is 3.33. The van der Waals surface area contributed by atoms with Crippen molar-refractivity contribution in [3.05, 3.63) is 30.1 Å². The van der Waals surface area contributed by atoms with E-state index in [0.717, 1.165) is 29.8 Å². The Bertz CT molecular complexity index is 561. The zero-order valence-corrected chi connectivity index (χ0v) is 12.6. The van der Waals surface area contributed by atoms with Gasteiger partial charge in [-0.1, -0.05) is 32.9 Å². The molecule has 2 rings (SSSR count). The monoisotopic (exact) mass is 276 g/mol. The van der Waals surface area contributed by atoms with Crippen LogP contribution in [0.1, 0.15) is 33.0 Å². The first-order chi connectivity index (χ1) is 9.57. The summed E-state index contributed by atoms with van der Waals surface area (Å²) in [7, 11) is 0. The molecule has 0 unspecified atom stereocenters. The number of aryl methyl sites for hydroxylation is 1. The Balaban J connectivity index is 2.14. The van der Waals surface area contributed by atoms with Gasteiger partial charge in [-0.3, -0.25) is 0 Å². The molecule has 0 spiro atoms. The Morgan fingerprint density at radius 1 is 1.30 bits per heavy atom. The van der Waals surface area contributed by atoms with Crippen LogP contribution in [0.25, 0.3) is 11.0 Å². The molecule has 2 aromatic rings. The highest BCUT2D eigenvalue weighted by atomic mass is 16.5. The average molecular weight is 276 g/mol. The van der Waals surface area contributed by atoms with E-state index in [9.17, 15) is 5.11 Å². The molecule has 1 aromatic heterocycles. The van der Waals surface area contributed by atoms with Crippen LogP contribution in [-0.4, -0.2) is 27.9 Å². The fourth-order valence-electron chi connectivity index (χ4n) is 2.17. The predicted octanol–water partition coefficient (Wildman–Crippen LogP) is 2.98. The van der Waals surface area contributed by atoms with Gasteiger partial charge in [-0.25, -0.2) is 4.98 Å². The number of ether oxygens (including phenoxy) is 1. The lowest BCUT2D eigenvalue weighted by molar-refractivity contribution is 0.0164. The van der Waals surface area contributed by atoms with Crippen LogP contribution in [0.2, 0.25) is 0 Å². The van der Waals surface area contributed by atoms with Crippen LogP contribution < -0.4 is 0 Å². The fourth-order valence-corrected chi connectivity index (χ4v) is 2.17. The third-order valence-electron chi connectivity index (χ3n) is 3.33. The summed E-state index contributed by atoms with van der Waals surface area (Å²) in [4.78, 5) is 4.65. The first kappa shape index (κ1) is 15.0. The van der Waals surface area contributed by atoms with Gasteiger partial charge in [-0.2, -0.15) is 0 Å². The van der Waals surface area contributed by atoms with Gasteiger partial charge in [-0.15, -0.1) is 0 Å². The van der Waals surface area contributed by atoms with Gasteiger partial charge in [0.25, 0.3) is 0 Å². The van der Waals surface area contributed by atoms with E-state index in [2.05, 4.69) is 22.5 Å². The SMILES string of the molecule is CCCn1c(COCC(C)(C)CO)nc2ccccc21. The first-order valence-corrected chi connectivity index (χ1v) is 7.20. The van der Waals surface area contributed by atoms with Crippen molar-refractivity contribution in [2.24, 2.45) is 5.41 Å². The van der Waals surface area contributed by atoms with Gasteiger partial charge >= 0.3 is 0 Å². The van der Waals surface area contributed by atoms with Crippen molar-refractivity contribution < 1.29 is 9.84 Å². The molecule has 0 atom stereocenters. The van der Waals surface area contributed by atoms with E-state index in [4.69, 9.17) is 4.74 Å². The van der Waals surface area contributed by atoms with Crippen LogP contribution in [0.15, 0.2) is 24.3 Å². The Kier molecular flexibility index (Phi) is 4.78. The van der Waals surface area contributed by atoms with Crippen molar-refractivity contribution >= 4 is 11.0 Å². The highest BCUT2D eigenvalue weighted by Gasteiger charge is 2.17. The summed E-state index contributed by atoms with van der Waals surface area (Å²) in [5.74, 6) is 0.960. The number of aromatic nitrogens is 2. The Hall–Kier alpha value is -1.39. The second-order valence-corrected chi connectivity index (χ2v) is 5.98. The van der Waals surface area contributed by atoms with E-state index in [1.807, 2.05) is 32.0 Å². The molecule has 0 amide bonds. The van der Waals surface area contributed by atoms with Crippen molar-refractivity contribution in [2.75, 3.05) is 13.2 Å². The summed E-state index contributed by atoms with van der Waals surface area (Å²) in [5.41, 5.74) is 1.97. The molecule has 20 heavy (non-hydrogen) atoms. The summed E-state index contributed by atoms with van der Waals surface area (Å²) in [5, 5.41) is 9.24. The van der Waals surface area contributed by atoms with Gasteiger partial charge in [0.15, 0.2) is 0 Å². The topological polar surface area (TPSA) is 47.3 Å². The minimum atomic E-state index is -0.207. The lowest BCUT2D eigenvalue weighted by Gasteiger charge is -2.21. The number of rotatable bonds is 7. The molecule has 0 aliphatic heterocycles. The second-order valence-electron chi connectivity index (χ2n) is 5.98. The van der Waals surface area contributed by atoms with E-state index < -0.39 is 0 Å². The normalized spacial score (nSPS) is 12.2. The molecule has 0 fully saturated rings. The zero-order chi connectivity index (χ0) is 14.6. The van der Waals surface area contributed by atoms with Crippen molar-refractivity contribution in [1.82, 2.24) is 9.55 Å². The molecule has 0 saturated carbocycles. The molecule has 0 aliphatic rings. The number of aliphatic hydroxyl groups excluding tert-OH is 1. The van der Waals surface area contributed by atoms with Crippen molar-refractivity contribution in [2.45, 2.75) is 40.3 Å². The highest BCUT2D eigenvalue weighted by molar-refractivity contribution is 5.75. The average Bonchev–Trinajstić information content (AvgIpc) is 2.78. The van der Waals surface area contributed by atoms with Gasteiger partial charge in [-0.05, 0) is 18.6 Å². The van der Waals surface area contributed by atoms with Gasteiger partial charge in [0.05, 0.1) is 24.2 Å². The molecule has 0 radical (unpaired) electrons. The van der Waals surface area contributed by atoms with Gasteiger partial charge in [0.2, 0.25) is 0 Å². The molecule has 1 aromatic carbocycles. The van der Waals surface area contributed by atoms with E-state index in [0.29, 0.717) is 13.2 Å². The molecule has 110 valence electrons. The van der Waals surface area contributed by atoms with Crippen LogP contribution in [0.3, 0.4) is 0 Å². The fraction of sp³-hybridized carbons (Fsp3) is 0.562. The van der Waals surface area contributed by atoms with Crippen LogP contribution in [0.4, 0.5) is 0 Å². The van der Waals surface area contributed by atoms with E-state index >= 15 is 0 Å². The van der Waals surface area contributed by atoms with Crippen LogP contribution in [0.5, 0.6) is 0 Å². The van der Waals surface area contributed by atoms with Crippen LogP contribution in [-0.2, 0) is 17.9 Å². The smallest absolute Gasteiger partial charge is 0.135 e. The standard InChI is InChI=1S/C16H24N2O2/c1-4-9-18-14-8-6-5-7-13(14)17-15(18)10-20-12-16(2,3)11-19/h5-8,19H,4,9-12H2,1-3H3. The van der Waals surface area contributed by atoms with E-state index in [1.165, 1.54) is 0 Å². The Labute approximate surface area is 120 Å². The molecule has 0 aliphatic carbocycles. The summed E-state index contributed by atoms with van der Waals surface area (Å²) in [6.07, 6.45) is 1.06. The molecule has 0 saturated heterocycles. The molecule has 1 N–H and O–H groups in total. The summed E-state index contributed by atoms with van der Waals surface area (Å²) in [6.45, 7) is 8.22. The van der Waals surface area contributed by atoms with Crippen LogP contribution in [0, 0.1) is 5.41 Å². The van der Waals surface area contributed by atoms with E-state index in [1.54, 1.807) is 0 Å². The quantitative estimate of drug-likeness (QED) is 0.845. The molecular formula is C16H24N2O2. The lowest BCUT2D eigenvalue weighted by Crippen LogP contribution is -2.23. The summed E-state index contributed by atoms with van der Waals surface area (Å²) < 4.78 is 7.97. The minimum absolute atomic E-state index is 0.123. The first-order valence-electron chi connectivity index (χ1n) is 7.20. The molecular weight excluding hydrogens is 252 g/mol. The zero-order valence-electron chi connectivity index (χ0n) is 12.6. The van der Waals surface area contributed by atoms with Gasteiger partial charge < -0.3 is 14.4 Å². The highest BCUT2D eigenvalue weighted by Crippen LogP contribution is 2.19. The largest absolute Gasteiger partial charge is 0.396 e. The number of nitrogens with zero attached hydrogens (tertiary/aromatic N) is 2. The lowest BCUT2D eigenvalue weighted by atomic mass is 9.97. The number of hydrogen-bond donors (Lipinski definition) is 1. The molecule has 4 nitrogen and oxygen atoms in total. The number of hydrogen-bond acceptors (Lipinski definition) is 3. The van der Waals surface area contributed by atoms with E-state index in [-0.39, 0.29) is 12.0 Å². The number of benzene rings is 1. The van der Waals surface area contributed by atoms with Crippen molar-refractivity contribution in [3.8, 4) is 0 Å². The number of imidazole rings is 1. The van der Waals surface area contributed by atoms with Crippen LogP contribution >= 0.6 is 0 Å². The third kappa shape index (κ3) is 3.38. The maximum absolute atomic E-state index is 9.24. The maximum atomic E-state index is 9.24. The molecule has 1 heterocycles. The minimum Gasteiger partial charge on any atom is -0.396 e. The number of aliphatic hydroxyl groups is 1. The second kappa shape index (κ2) is 6.37. The van der Waals surface area contributed by atoms with Crippen molar-refractivity contribution in [1.29, 1.82) is 0 Å². The summed E-state index contributed by atoms with van der Waals surface area (Å²) in [6, 6.07) is 8.17. The number of fused-ring (bicyclic) bond motifs is 1. The predicted molar refractivity (Wildman–Crippen MR) is 80.5 cm³/mol.